The second kappa shape index (κ2) is 5.28. The van der Waals surface area contributed by atoms with Gasteiger partial charge in [0.15, 0.2) is 0 Å². The molecule has 0 aliphatic carbocycles. The minimum absolute atomic E-state index is 0.264. The molecule has 1 heterocycles. The van der Waals surface area contributed by atoms with E-state index in [-0.39, 0.29) is 5.91 Å². The monoisotopic (exact) mass is 281 g/mol. The highest BCUT2D eigenvalue weighted by atomic mass is 16.2. The van der Waals surface area contributed by atoms with Crippen molar-refractivity contribution in [2.24, 2.45) is 5.73 Å². The Bertz CT molecular complexity index is 725. The van der Waals surface area contributed by atoms with E-state index in [1.807, 2.05) is 12.1 Å². The number of primary amides is 1. The maximum atomic E-state index is 12.3. The molecule has 5 nitrogen and oxygen atoms in total. The predicted octanol–water partition coefficient (Wildman–Crippen LogP) is 2.01. The number of hydrogen-bond donors (Lipinski definition) is 3. The summed E-state index contributed by atoms with van der Waals surface area (Å²) in [5.74, 6) is -0.832. The van der Waals surface area contributed by atoms with E-state index in [1.165, 1.54) is 5.56 Å². The highest BCUT2D eigenvalue weighted by Gasteiger charge is 2.15. The van der Waals surface area contributed by atoms with Gasteiger partial charge in [0.25, 0.3) is 11.8 Å². The number of carbonyl (C=O) groups excluding carboxylic acids is 2. The zero-order valence-corrected chi connectivity index (χ0v) is 11.3. The molecule has 2 aromatic carbocycles. The third-order valence-electron chi connectivity index (χ3n) is 3.52. The standard InChI is InChI=1S/C16H15N3O2/c17-15(20)12-3-1-2-4-13(12)19-16(21)11-6-5-10-7-8-18-14(10)9-11/h1-6,9,18H,7-8H2,(H2,17,20)(H,19,21). The van der Waals surface area contributed by atoms with Crippen molar-refractivity contribution in [3.63, 3.8) is 0 Å². The molecule has 2 aromatic rings. The second-order valence-electron chi connectivity index (χ2n) is 4.91. The van der Waals surface area contributed by atoms with Crippen LogP contribution >= 0.6 is 0 Å². The van der Waals surface area contributed by atoms with Crippen LogP contribution in [0.2, 0.25) is 0 Å². The third kappa shape index (κ3) is 2.58. The number of benzene rings is 2. The van der Waals surface area contributed by atoms with Crippen LogP contribution in [0.3, 0.4) is 0 Å². The predicted molar refractivity (Wildman–Crippen MR) is 81.5 cm³/mol. The lowest BCUT2D eigenvalue weighted by atomic mass is 10.1. The first-order valence-electron chi connectivity index (χ1n) is 6.72. The quantitative estimate of drug-likeness (QED) is 0.804. The van der Waals surface area contributed by atoms with Gasteiger partial charge in [-0.3, -0.25) is 9.59 Å². The summed E-state index contributed by atoms with van der Waals surface area (Å²) in [5.41, 5.74) is 8.77. The fourth-order valence-corrected chi connectivity index (χ4v) is 2.43. The molecule has 2 amide bonds. The van der Waals surface area contributed by atoms with Crippen molar-refractivity contribution in [1.29, 1.82) is 0 Å². The van der Waals surface area contributed by atoms with Gasteiger partial charge >= 0.3 is 0 Å². The normalized spacial score (nSPS) is 12.4. The number of anilines is 2. The third-order valence-corrected chi connectivity index (χ3v) is 3.52. The largest absolute Gasteiger partial charge is 0.384 e. The van der Waals surface area contributed by atoms with Gasteiger partial charge in [0.1, 0.15) is 0 Å². The molecule has 0 saturated carbocycles. The molecule has 0 bridgehead atoms. The fourth-order valence-electron chi connectivity index (χ4n) is 2.43. The van der Waals surface area contributed by atoms with Gasteiger partial charge in [-0.15, -0.1) is 0 Å². The van der Waals surface area contributed by atoms with Crippen molar-refractivity contribution in [3.8, 4) is 0 Å². The van der Waals surface area contributed by atoms with E-state index in [0.29, 0.717) is 16.8 Å². The average Bonchev–Trinajstić information content (AvgIpc) is 2.94. The Balaban J connectivity index is 1.85. The van der Waals surface area contributed by atoms with Crippen LogP contribution in [0, 0.1) is 0 Å². The van der Waals surface area contributed by atoms with Crippen LogP contribution in [0.15, 0.2) is 42.5 Å². The van der Waals surface area contributed by atoms with Gasteiger partial charge in [0.2, 0.25) is 0 Å². The van der Waals surface area contributed by atoms with E-state index in [4.69, 9.17) is 5.73 Å². The number of nitrogens with one attached hydrogen (secondary N) is 2. The zero-order valence-electron chi connectivity index (χ0n) is 11.3. The Labute approximate surface area is 122 Å². The molecule has 0 spiro atoms. The number of nitrogens with two attached hydrogens (primary N) is 1. The molecule has 5 heteroatoms. The topological polar surface area (TPSA) is 84.2 Å². The highest BCUT2D eigenvalue weighted by Crippen LogP contribution is 2.24. The molecule has 3 rings (SSSR count). The van der Waals surface area contributed by atoms with Gasteiger partial charge in [-0.25, -0.2) is 0 Å². The van der Waals surface area contributed by atoms with E-state index >= 15 is 0 Å². The van der Waals surface area contributed by atoms with Crippen LogP contribution in [-0.2, 0) is 6.42 Å². The summed E-state index contributed by atoms with van der Waals surface area (Å²) in [6, 6.07) is 12.2. The van der Waals surface area contributed by atoms with Crippen molar-refractivity contribution in [2.45, 2.75) is 6.42 Å². The summed E-state index contributed by atoms with van der Waals surface area (Å²) in [7, 11) is 0. The summed E-state index contributed by atoms with van der Waals surface area (Å²) < 4.78 is 0. The van der Waals surface area contributed by atoms with Crippen LogP contribution in [0.1, 0.15) is 26.3 Å². The first-order chi connectivity index (χ1) is 10.1. The van der Waals surface area contributed by atoms with E-state index < -0.39 is 5.91 Å². The van der Waals surface area contributed by atoms with Crippen LogP contribution in [0.25, 0.3) is 0 Å². The van der Waals surface area contributed by atoms with Crippen LogP contribution in [-0.4, -0.2) is 18.4 Å². The first kappa shape index (κ1) is 13.2. The Morgan fingerprint density at radius 2 is 1.95 bits per heavy atom. The lowest BCUT2D eigenvalue weighted by Gasteiger charge is -2.09. The first-order valence-corrected chi connectivity index (χ1v) is 6.72. The molecule has 106 valence electrons. The molecule has 1 aliphatic rings. The van der Waals surface area contributed by atoms with Crippen molar-refractivity contribution < 1.29 is 9.59 Å². The van der Waals surface area contributed by atoms with E-state index in [1.54, 1.807) is 30.3 Å². The molecule has 21 heavy (non-hydrogen) atoms. The van der Waals surface area contributed by atoms with Gasteiger partial charge in [-0.05, 0) is 36.2 Å². The molecule has 0 radical (unpaired) electrons. The molecule has 0 fully saturated rings. The van der Waals surface area contributed by atoms with Gasteiger partial charge < -0.3 is 16.4 Å². The molecule has 0 atom stereocenters. The number of amides is 2. The number of rotatable bonds is 3. The van der Waals surface area contributed by atoms with Crippen LogP contribution in [0.4, 0.5) is 11.4 Å². The molecular formula is C16H15N3O2. The van der Waals surface area contributed by atoms with Gasteiger partial charge in [-0.2, -0.15) is 0 Å². The summed E-state index contributed by atoms with van der Waals surface area (Å²) in [6.07, 6.45) is 0.974. The average molecular weight is 281 g/mol. The van der Waals surface area contributed by atoms with Crippen LogP contribution in [0.5, 0.6) is 0 Å². The fraction of sp³-hybridized carbons (Fsp3) is 0.125. The molecule has 4 N–H and O–H groups in total. The molecule has 1 aliphatic heterocycles. The van der Waals surface area contributed by atoms with Crippen molar-refractivity contribution in [1.82, 2.24) is 0 Å². The number of para-hydroxylation sites is 1. The van der Waals surface area contributed by atoms with E-state index in [2.05, 4.69) is 10.6 Å². The summed E-state index contributed by atoms with van der Waals surface area (Å²) in [6.45, 7) is 0.894. The van der Waals surface area contributed by atoms with Crippen LogP contribution < -0.4 is 16.4 Å². The minimum Gasteiger partial charge on any atom is -0.384 e. The Morgan fingerprint density at radius 3 is 2.76 bits per heavy atom. The number of carbonyl (C=O) groups is 2. The second-order valence-corrected chi connectivity index (χ2v) is 4.91. The Hall–Kier alpha value is -2.82. The van der Waals surface area contributed by atoms with Gasteiger partial charge in [0, 0.05) is 17.8 Å². The van der Waals surface area contributed by atoms with E-state index in [0.717, 1.165) is 18.7 Å². The smallest absolute Gasteiger partial charge is 0.255 e. The summed E-state index contributed by atoms with van der Waals surface area (Å²) in [4.78, 5) is 23.7. The zero-order chi connectivity index (χ0) is 14.8. The number of hydrogen-bond acceptors (Lipinski definition) is 3. The lowest BCUT2D eigenvalue weighted by molar-refractivity contribution is 0.100. The summed E-state index contributed by atoms with van der Waals surface area (Å²) >= 11 is 0. The molecule has 0 unspecified atom stereocenters. The highest BCUT2D eigenvalue weighted by molar-refractivity contribution is 6.09. The minimum atomic E-state index is -0.568. The molecular weight excluding hydrogens is 266 g/mol. The maximum Gasteiger partial charge on any atom is 0.255 e. The lowest BCUT2D eigenvalue weighted by Crippen LogP contribution is -2.18. The van der Waals surface area contributed by atoms with Crippen molar-refractivity contribution in [2.75, 3.05) is 17.2 Å². The summed E-state index contributed by atoms with van der Waals surface area (Å²) in [5, 5.41) is 5.97. The SMILES string of the molecule is NC(=O)c1ccccc1NC(=O)c1ccc2c(c1)NCC2. The van der Waals surface area contributed by atoms with Gasteiger partial charge in [-0.1, -0.05) is 18.2 Å². The molecule has 0 aromatic heterocycles. The Morgan fingerprint density at radius 1 is 1.14 bits per heavy atom. The van der Waals surface area contributed by atoms with E-state index in [9.17, 15) is 9.59 Å². The maximum absolute atomic E-state index is 12.3. The van der Waals surface area contributed by atoms with Crippen molar-refractivity contribution >= 4 is 23.2 Å². The van der Waals surface area contributed by atoms with Gasteiger partial charge in [0.05, 0.1) is 11.3 Å². The number of fused-ring (bicyclic) bond motifs is 1. The Kier molecular flexibility index (Phi) is 3.31. The molecule has 0 saturated heterocycles. The van der Waals surface area contributed by atoms with Crippen molar-refractivity contribution in [3.05, 3.63) is 59.2 Å².